The number of hydrogen-bond acceptors (Lipinski definition) is 6. The van der Waals surface area contributed by atoms with Gasteiger partial charge in [0.05, 0.1) is 18.8 Å². The number of aromatic nitrogens is 1. The van der Waals surface area contributed by atoms with E-state index in [1.54, 1.807) is 6.07 Å². The first-order valence-corrected chi connectivity index (χ1v) is 9.08. The molecular formula is C19H24N4O3. The van der Waals surface area contributed by atoms with Crippen molar-refractivity contribution in [2.75, 3.05) is 44.6 Å². The Morgan fingerprint density at radius 3 is 2.77 bits per heavy atom. The van der Waals surface area contributed by atoms with Gasteiger partial charge in [0.25, 0.3) is 0 Å². The van der Waals surface area contributed by atoms with E-state index in [1.807, 2.05) is 6.92 Å². The Balaban J connectivity index is 1.23. The average molecular weight is 356 g/mol. The molecule has 7 heteroatoms. The highest BCUT2D eigenvalue weighted by molar-refractivity contribution is 5.90. The van der Waals surface area contributed by atoms with E-state index in [-0.39, 0.29) is 5.91 Å². The van der Waals surface area contributed by atoms with Crippen LogP contribution in [0.3, 0.4) is 0 Å². The number of nitrogens with one attached hydrogen (secondary N) is 1. The van der Waals surface area contributed by atoms with Crippen molar-refractivity contribution in [3.63, 3.8) is 0 Å². The highest BCUT2D eigenvalue weighted by Crippen LogP contribution is 2.26. The van der Waals surface area contributed by atoms with E-state index in [9.17, 15) is 4.79 Å². The number of nitrogens with zero attached hydrogens (tertiary/aromatic N) is 3. The minimum atomic E-state index is -0.0618. The minimum Gasteiger partial charge on any atom is -0.493 e. The Morgan fingerprint density at radius 2 is 2.00 bits per heavy atom. The molecule has 0 radical (unpaired) electrons. The van der Waals surface area contributed by atoms with Crippen LogP contribution in [0.5, 0.6) is 5.75 Å². The number of benzene rings is 1. The lowest BCUT2D eigenvalue weighted by Gasteiger charge is -2.34. The van der Waals surface area contributed by atoms with Gasteiger partial charge in [0.1, 0.15) is 5.75 Å². The molecule has 1 N–H and O–H groups in total. The highest BCUT2D eigenvalue weighted by Gasteiger charge is 2.20. The standard InChI is InChI=1S/C19H24N4O3/c1-14-10-19(26-21-14)20-18(24)13-23-7-5-22(6-8-23)12-15-2-3-17-16(11-15)4-9-25-17/h2-3,10-11H,4-9,12-13H2,1H3,(H,20,24). The number of hydrogen-bond donors (Lipinski definition) is 1. The quantitative estimate of drug-likeness (QED) is 0.879. The second kappa shape index (κ2) is 7.47. The van der Waals surface area contributed by atoms with Crippen molar-refractivity contribution in [3.8, 4) is 5.75 Å². The Hall–Kier alpha value is -2.38. The van der Waals surface area contributed by atoms with E-state index in [0.29, 0.717) is 12.4 Å². The number of anilines is 1. The smallest absolute Gasteiger partial charge is 0.240 e. The first-order valence-electron chi connectivity index (χ1n) is 9.08. The van der Waals surface area contributed by atoms with E-state index in [4.69, 9.17) is 9.26 Å². The van der Waals surface area contributed by atoms with Gasteiger partial charge in [-0.1, -0.05) is 17.3 Å². The molecule has 0 aliphatic carbocycles. The van der Waals surface area contributed by atoms with Crippen LogP contribution >= 0.6 is 0 Å². The summed E-state index contributed by atoms with van der Waals surface area (Å²) in [5.74, 6) is 1.38. The monoisotopic (exact) mass is 356 g/mol. The predicted octanol–water partition coefficient (Wildman–Crippen LogP) is 1.67. The van der Waals surface area contributed by atoms with Crippen molar-refractivity contribution in [2.45, 2.75) is 19.9 Å². The van der Waals surface area contributed by atoms with Gasteiger partial charge in [-0.3, -0.25) is 19.9 Å². The van der Waals surface area contributed by atoms with Gasteiger partial charge in [0.2, 0.25) is 11.8 Å². The number of carbonyl (C=O) groups excluding carboxylic acids is 1. The molecular weight excluding hydrogens is 332 g/mol. The van der Waals surface area contributed by atoms with Gasteiger partial charge < -0.3 is 9.26 Å². The van der Waals surface area contributed by atoms with Gasteiger partial charge >= 0.3 is 0 Å². The third-order valence-corrected chi connectivity index (χ3v) is 4.88. The van der Waals surface area contributed by atoms with Crippen LogP contribution in [0.15, 0.2) is 28.8 Å². The molecule has 0 saturated carbocycles. The highest BCUT2D eigenvalue weighted by atomic mass is 16.5. The maximum atomic E-state index is 12.1. The van der Waals surface area contributed by atoms with Crippen molar-refractivity contribution in [1.29, 1.82) is 0 Å². The number of ether oxygens (including phenoxy) is 1. The number of aryl methyl sites for hydroxylation is 1. The molecule has 0 unspecified atom stereocenters. The molecule has 1 fully saturated rings. The van der Waals surface area contributed by atoms with Crippen LogP contribution < -0.4 is 10.1 Å². The summed E-state index contributed by atoms with van der Waals surface area (Å²) in [7, 11) is 0. The zero-order chi connectivity index (χ0) is 17.9. The van der Waals surface area contributed by atoms with E-state index in [1.165, 1.54) is 11.1 Å². The van der Waals surface area contributed by atoms with Crippen LogP contribution in [-0.2, 0) is 17.8 Å². The average Bonchev–Trinajstić information content (AvgIpc) is 3.25. The lowest BCUT2D eigenvalue weighted by atomic mass is 10.1. The Bertz CT molecular complexity index is 781. The molecule has 0 atom stereocenters. The molecule has 2 aromatic rings. The molecule has 2 aliphatic heterocycles. The van der Waals surface area contributed by atoms with Crippen molar-refractivity contribution in [3.05, 3.63) is 41.1 Å². The molecule has 7 nitrogen and oxygen atoms in total. The maximum absolute atomic E-state index is 12.1. The zero-order valence-electron chi connectivity index (χ0n) is 15.0. The fourth-order valence-corrected chi connectivity index (χ4v) is 3.50. The molecule has 1 saturated heterocycles. The summed E-state index contributed by atoms with van der Waals surface area (Å²) in [5.41, 5.74) is 3.41. The zero-order valence-corrected chi connectivity index (χ0v) is 15.0. The van der Waals surface area contributed by atoms with E-state index in [2.05, 4.69) is 38.5 Å². The Kier molecular flexibility index (Phi) is 4.90. The van der Waals surface area contributed by atoms with Gasteiger partial charge in [0, 0.05) is 45.2 Å². The molecule has 0 spiro atoms. The predicted molar refractivity (Wildman–Crippen MR) is 97.2 cm³/mol. The normalized spacial score (nSPS) is 17.7. The Morgan fingerprint density at radius 1 is 1.19 bits per heavy atom. The molecule has 4 rings (SSSR count). The first kappa shape index (κ1) is 17.1. The fraction of sp³-hybridized carbons (Fsp3) is 0.474. The summed E-state index contributed by atoms with van der Waals surface area (Å²) >= 11 is 0. The number of carbonyl (C=O) groups is 1. The number of rotatable bonds is 5. The summed E-state index contributed by atoms with van der Waals surface area (Å²) in [5, 5.41) is 6.52. The van der Waals surface area contributed by atoms with Crippen molar-refractivity contribution >= 4 is 11.8 Å². The molecule has 2 aliphatic rings. The van der Waals surface area contributed by atoms with E-state index >= 15 is 0 Å². The number of fused-ring (bicyclic) bond motifs is 1. The van der Waals surface area contributed by atoms with Crippen LogP contribution in [0.2, 0.25) is 0 Å². The first-order chi connectivity index (χ1) is 12.7. The van der Waals surface area contributed by atoms with E-state index < -0.39 is 0 Å². The number of piperazine rings is 1. The summed E-state index contributed by atoms with van der Waals surface area (Å²) < 4.78 is 10.6. The lowest BCUT2D eigenvalue weighted by Crippen LogP contribution is -2.48. The van der Waals surface area contributed by atoms with Gasteiger partial charge in [-0.25, -0.2) is 0 Å². The van der Waals surface area contributed by atoms with Crippen LogP contribution in [0.4, 0.5) is 5.88 Å². The van der Waals surface area contributed by atoms with Gasteiger partial charge in [-0.05, 0) is 24.1 Å². The largest absolute Gasteiger partial charge is 0.493 e. The maximum Gasteiger partial charge on any atom is 0.240 e. The molecule has 1 aromatic carbocycles. The van der Waals surface area contributed by atoms with E-state index in [0.717, 1.165) is 57.2 Å². The van der Waals surface area contributed by atoms with Gasteiger partial charge in [0.15, 0.2) is 0 Å². The van der Waals surface area contributed by atoms with Crippen LogP contribution in [0, 0.1) is 6.92 Å². The summed E-state index contributed by atoms with van der Waals surface area (Å²) in [6, 6.07) is 8.23. The molecule has 26 heavy (non-hydrogen) atoms. The molecule has 3 heterocycles. The van der Waals surface area contributed by atoms with Crippen molar-refractivity contribution < 1.29 is 14.1 Å². The summed E-state index contributed by atoms with van der Waals surface area (Å²) in [4.78, 5) is 16.7. The third kappa shape index (κ3) is 4.05. The van der Waals surface area contributed by atoms with Gasteiger partial charge in [-0.2, -0.15) is 0 Å². The van der Waals surface area contributed by atoms with Crippen LogP contribution in [0.1, 0.15) is 16.8 Å². The Labute approximate surface area is 152 Å². The van der Waals surface area contributed by atoms with Crippen molar-refractivity contribution in [2.24, 2.45) is 0 Å². The SMILES string of the molecule is Cc1cc(NC(=O)CN2CCN(Cc3ccc4c(c3)CCO4)CC2)on1. The molecule has 1 aromatic heterocycles. The van der Waals surface area contributed by atoms with Crippen molar-refractivity contribution in [1.82, 2.24) is 15.0 Å². The third-order valence-electron chi connectivity index (χ3n) is 4.88. The summed E-state index contributed by atoms with van der Waals surface area (Å²) in [6.07, 6.45) is 1.01. The topological polar surface area (TPSA) is 70.8 Å². The second-order valence-electron chi connectivity index (χ2n) is 6.97. The lowest BCUT2D eigenvalue weighted by molar-refractivity contribution is -0.117. The fourth-order valence-electron chi connectivity index (χ4n) is 3.50. The molecule has 1 amide bonds. The van der Waals surface area contributed by atoms with Crippen LogP contribution in [-0.4, -0.2) is 60.2 Å². The number of amides is 1. The van der Waals surface area contributed by atoms with Gasteiger partial charge in [-0.15, -0.1) is 0 Å². The molecule has 138 valence electrons. The van der Waals surface area contributed by atoms with Crippen LogP contribution in [0.25, 0.3) is 0 Å². The summed E-state index contributed by atoms with van der Waals surface area (Å²) in [6.45, 7) is 7.65. The second-order valence-corrected chi connectivity index (χ2v) is 6.97. The minimum absolute atomic E-state index is 0.0618. The molecule has 0 bridgehead atoms.